The fourth-order valence-corrected chi connectivity index (χ4v) is 10.2. The van der Waals surface area contributed by atoms with Gasteiger partial charge in [0.25, 0.3) is 0 Å². The van der Waals surface area contributed by atoms with Gasteiger partial charge in [-0.1, -0.05) is 88.2 Å². The van der Waals surface area contributed by atoms with Crippen molar-refractivity contribution in [1.82, 2.24) is 0 Å². The van der Waals surface area contributed by atoms with Gasteiger partial charge >= 0.3 is 0 Å². The molecule has 2 aliphatic rings. The third-order valence-corrected chi connectivity index (χ3v) is 12.2. The molecule has 0 bridgehead atoms. The Hall–Kier alpha value is -3.90. The summed E-state index contributed by atoms with van der Waals surface area (Å²) in [6.07, 6.45) is 10.8. The van der Waals surface area contributed by atoms with E-state index in [4.69, 9.17) is 16.3 Å². The van der Waals surface area contributed by atoms with Gasteiger partial charge in [-0.3, -0.25) is 0 Å². The fourth-order valence-electron chi connectivity index (χ4n) is 9.42. The Morgan fingerprint density at radius 2 is 1.40 bits per heavy atom. The molecule has 7 heteroatoms. The van der Waals surface area contributed by atoms with Crippen molar-refractivity contribution >= 4 is 35.2 Å². The zero-order chi connectivity index (χ0) is 38.3. The van der Waals surface area contributed by atoms with Crippen LogP contribution in [-0.4, -0.2) is 33.8 Å². The summed E-state index contributed by atoms with van der Waals surface area (Å²) in [6, 6.07) is 26.9. The minimum absolute atomic E-state index is 0.00675. The highest BCUT2D eigenvalue weighted by atomic mass is 32.2. The number of phenols is 1. The standard InChI is InChI=1S/C29H34O2S2.C17H16O3/c1-27(2)14-28(3,4)16-29(15-27)22-8-17(13-32)6-7-19(22)26-21-9-18(12-30)25(33-5)10-20(21)24(31)11-23(26)29;1-3-17(19,14-6-4-13(12-18)5-7-14)15-8-10-16(20-2)11-9-15/h6-11,30-32H,12-16H2,1-5H3;1,4-11,18-19H,12H2,2H3. The second-order valence-corrected chi connectivity index (χ2v) is 17.3. The topological polar surface area (TPSA) is 90.2 Å². The first-order valence-corrected chi connectivity index (χ1v) is 19.8. The molecular weight excluding hydrogens is 697 g/mol. The molecule has 0 amide bonds. The number of benzene rings is 5. The van der Waals surface area contributed by atoms with Gasteiger partial charge in [-0.15, -0.1) is 18.2 Å². The number of thiol groups is 1. The van der Waals surface area contributed by atoms with Crippen LogP contribution >= 0.6 is 24.4 Å². The van der Waals surface area contributed by atoms with Crippen LogP contribution in [0.25, 0.3) is 21.9 Å². The number of hydrogen-bond acceptors (Lipinski definition) is 7. The fraction of sp³-hybridized carbons (Fsp3) is 0.348. The van der Waals surface area contributed by atoms with Crippen LogP contribution in [-0.2, 0) is 30.0 Å². The molecule has 1 unspecified atom stereocenters. The Morgan fingerprint density at radius 3 is 1.92 bits per heavy atom. The molecule has 4 N–H and O–H groups in total. The molecule has 53 heavy (non-hydrogen) atoms. The molecule has 0 heterocycles. The van der Waals surface area contributed by atoms with E-state index < -0.39 is 5.60 Å². The van der Waals surface area contributed by atoms with Crippen LogP contribution in [0.1, 0.15) is 85.9 Å². The summed E-state index contributed by atoms with van der Waals surface area (Å²) < 4.78 is 5.09. The molecule has 0 saturated heterocycles. The van der Waals surface area contributed by atoms with Crippen molar-refractivity contribution in [1.29, 1.82) is 0 Å². The number of ether oxygens (including phenoxy) is 1. The Labute approximate surface area is 323 Å². The first kappa shape index (κ1) is 38.8. The molecule has 5 aromatic carbocycles. The summed E-state index contributed by atoms with van der Waals surface area (Å²) >= 11 is 6.19. The molecule has 1 atom stereocenters. The smallest absolute Gasteiger partial charge is 0.176 e. The van der Waals surface area contributed by atoms with Crippen molar-refractivity contribution < 1.29 is 25.2 Å². The third kappa shape index (κ3) is 7.09. The van der Waals surface area contributed by atoms with E-state index in [-0.39, 0.29) is 29.5 Å². The average molecular weight is 747 g/mol. The predicted octanol–water partition coefficient (Wildman–Crippen LogP) is 9.75. The maximum absolute atomic E-state index is 11.3. The summed E-state index contributed by atoms with van der Waals surface area (Å²) in [5.41, 5.74) is 7.97. The van der Waals surface area contributed by atoms with Crippen molar-refractivity contribution in [3.05, 3.63) is 124 Å². The van der Waals surface area contributed by atoms with E-state index in [9.17, 15) is 15.3 Å². The van der Waals surface area contributed by atoms with Crippen molar-refractivity contribution in [2.75, 3.05) is 13.4 Å². The first-order chi connectivity index (χ1) is 25.2. The lowest BCUT2D eigenvalue weighted by Gasteiger charge is -2.51. The molecule has 2 aliphatic carbocycles. The number of aliphatic hydroxyl groups excluding tert-OH is 2. The molecule has 0 aliphatic heterocycles. The van der Waals surface area contributed by atoms with Gasteiger partial charge in [0.2, 0.25) is 0 Å². The van der Waals surface area contributed by atoms with E-state index in [2.05, 4.69) is 76.6 Å². The molecule has 7 rings (SSSR count). The van der Waals surface area contributed by atoms with Crippen LogP contribution < -0.4 is 4.74 Å². The van der Waals surface area contributed by atoms with Gasteiger partial charge < -0.3 is 25.2 Å². The highest BCUT2D eigenvalue weighted by Crippen LogP contribution is 2.65. The number of phenolic OH excluding ortho intramolecular Hbond substituents is 1. The monoisotopic (exact) mass is 746 g/mol. The van der Waals surface area contributed by atoms with Gasteiger partial charge in [0, 0.05) is 32.6 Å². The van der Waals surface area contributed by atoms with Crippen LogP contribution in [0.3, 0.4) is 0 Å². The summed E-state index contributed by atoms with van der Waals surface area (Å²) in [5.74, 6) is 4.19. The zero-order valence-electron chi connectivity index (χ0n) is 31.5. The van der Waals surface area contributed by atoms with Crippen molar-refractivity contribution in [2.45, 2.75) is 81.8 Å². The van der Waals surface area contributed by atoms with Crippen LogP contribution in [0.15, 0.2) is 89.8 Å². The molecule has 0 aromatic heterocycles. The Kier molecular flexibility index (Phi) is 10.8. The molecule has 5 aromatic rings. The van der Waals surface area contributed by atoms with Gasteiger partial charge in [-0.25, -0.2) is 0 Å². The van der Waals surface area contributed by atoms with Gasteiger partial charge in [-0.05, 0) is 111 Å². The van der Waals surface area contributed by atoms with E-state index in [0.717, 1.165) is 39.6 Å². The predicted molar refractivity (Wildman–Crippen MR) is 221 cm³/mol. The van der Waals surface area contributed by atoms with Gasteiger partial charge in [0.15, 0.2) is 5.60 Å². The second-order valence-electron chi connectivity index (χ2n) is 16.1. The summed E-state index contributed by atoms with van der Waals surface area (Å²) in [7, 11) is 1.58. The molecule has 5 nitrogen and oxygen atoms in total. The highest BCUT2D eigenvalue weighted by Gasteiger charge is 2.53. The Bertz CT molecular complexity index is 2110. The Balaban J connectivity index is 0.000000206. The van der Waals surface area contributed by atoms with Crippen molar-refractivity contribution in [3.8, 4) is 35.0 Å². The minimum Gasteiger partial charge on any atom is -0.507 e. The second kappa shape index (κ2) is 14.7. The van der Waals surface area contributed by atoms with Crippen LogP contribution in [0.5, 0.6) is 11.5 Å². The lowest BCUT2D eigenvalue weighted by molar-refractivity contribution is 0.0645. The minimum atomic E-state index is -1.50. The third-order valence-electron chi connectivity index (χ3n) is 11.0. The quantitative estimate of drug-likeness (QED) is 0.0648. The zero-order valence-corrected chi connectivity index (χ0v) is 33.2. The Morgan fingerprint density at radius 1 is 0.792 bits per heavy atom. The van der Waals surface area contributed by atoms with Crippen molar-refractivity contribution in [2.24, 2.45) is 10.8 Å². The van der Waals surface area contributed by atoms with Crippen LogP contribution in [0.4, 0.5) is 0 Å². The summed E-state index contributed by atoms with van der Waals surface area (Å²) in [5, 5.41) is 43.1. The largest absolute Gasteiger partial charge is 0.507 e. The van der Waals surface area contributed by atoms with E-state index in [1.54, 1.807) is 67.4 Å². The van der Waals surface area contributed by atoms with Crippen molar-refractivity contribution in [3.63, 3.8) is 0 Å². The lowest BCUT2D eigenvalue weighted by Crippen LogP contribution is -2.43. The normalized spacial score (nSPS) is 17.2. The summed E-state index contributed by atoms with van der Waals surface area (Å²) in [6.45, 7) is 9.53. The van der Waals surface area contributed by atoms with Crippen LogP contribution in [0.2, 0.25) is 0 Å². The molecule has 1 saturated carbocycles. The SMILES string of the molecule is C#CC(O)(c1ccc(CO)cc1)c1ccc(OC)cc1.CSc1cc2c(O)cc3c(c2cc1CO)-c1ccc(CS)cc1C31CC(C)(C)CC(C)(C)C1. The van der Waals surface area contributed by atoms with E-state index in [0.29, 0.717) is 28.4 Å². The number of aliphatic hydroxyl groups is 3. The number of rotatable bonds is 7. The number of fused-ring (bicyclic) bond motifs is 7. The highest BCUT2D eigenvalue weighted by molar-refractivity contribution is 7.98. The molecule has 276 valence electrons. The maximum atomic E-state index is 11.3. The van der Waals surface area contributed by atoms with E-state index >= 15 is 0 Å². The summed E-state index contributed by atoms with van der Waals surface area (Å²) in [4.78, 5) is 1.01. The number of methoxy groups -OCH3 is 1. The van der Waals surface area contributed by atoms with E-state index in [1.165, 1.54) is 34.2 Å². The molecule has 0 radical (unpaired) electrons. The maximum Gasteiger partial charge on any atom is 0.176 e. The number of thioether (sulfide) groups is 1. The number of terminal acetylenes is 1. The molecule has 1 spiro atoms. The molecule has 1 fully saturated rings. The number of aromatic hydroxyl groups is 1. The first-order valence-electron chi connectivity index (χ1n) is 18.0. The van der Waals surface area contributed by atoms with Gasteiger partial charge in [0.05, 0.1) is 20.3 Å². The average Bonchev–Trinajstić information content (AvgIpc) is 3.39. The van der Waals surface area contributed by atoms with E-state index in [1.807, 2.05) is 12.3 Å². The lowest BCUT2D eigenvalue weighted by atomic mass is 9.52. The molecular formula is C46H50O5S2. The van der Waals surface area contributed by atoms with Gasteiger partial charge in [-0.2, -0.15) is 12.6 Å². The number of hydrogen-bond donors (Lipinski definition) is 5. The van der Waals surface area contributed by atoms with Crippen LogP contribution in [0, 0.1) is 23.2 Å². The van der Waals surface area contributed by atoms with Gasteiger partial charge in [0.1, 0.15) is 11.5 Å².